The quantitative estimate of drug-likeness (QED) is 0.662. The Morgan fingerprint density at radius 2 is 1.66 bits per heavy atom. The molecule has 2 aliphatic rings. The van der Waals surface area contributed by atoms with Gasteiger partial charge in [-0.15, -0.1) is 0 Å². The van der Waals surface area contributed by atoms with E-state index in [1.165, 1.54) is 11.1 Å². The van der Waals surface area contributed by atoms with Crippen molar-refractivity contribution >= 4 is 17.4 Å². The summed E-state index contributed by atoms with van der Waals surface area (Å²) in [6.45, 7) is 0. The summed E-state index contributed by atoms with van der Waals surface area (Å²) < 4.78 is 0. The highest BCUT2D eigenvalue weighted by molar-refractivity contribution is 6.01. The molecule has 1 aliphatic heterocycles. The molecule has 0 bridgehead atoms. The molecule has 2 heterocycles. The molecular weight excluding hydrogens is 404 g/mol. The lowest BCUT2D eigenvalue weighted by Gasteiger charge is -2.38. The number of allylic oxidation sites excluding steroid dienone is 2. The molecule has 160 valence electrons. The molecule has 0 spiro atoms. The van der Waals surface area contributed by atoms with Gasteiger partial charge in [-0.25, -0.2) is 10.1 Å². The molecule has 7 heteroatoms. The second kappa shape index (κ2) is 8.26. The van der Waals surface area contributed by atoms with Gasteiger partial charge in [-0.2, -0.15) is 5.10 Å². The van der Waals surface area contributed by atoms with Crippen LogP contribution < -0.4 is 11.0 Å². The van der Waals surface area contributed by atoms with Crippen molar-refractivity contribution in [3.63, 3.8) is 0 Å². The molecule has 1 unspecified atom stereocenters. The highest BCUT2D eigenvalue weighted by atomic mass is 16.2. The van der Waals surface area contributed by atoms with E-state index >= 15 is 0 Å². The fraction of sp³-hybridized carbons (Fsp3) is 0.200. The first-order chi connectivity index (χ1) is 15.6. The first-order valence-electron chi connectivity index (χ1n) is 10.7. The molecule has 0 radical (unpaired) electrons. The van der Waals surface area contributed by atoms with Gasteiger partial charge in [-0.1, -0.05) is 60.7 Å². The minimum Gasteiger partial charge on any atom is -0.294 e. The predicted molar refractivity (Wildman–Crippen MR) is 120 cm³/mol. The third kappa shape index (κ3) is 3.62. The first kappa shape index (κ1) is 19.9. The predicted octanol–water partition coefficient (Wildman–Crippen LogP) is 3.79. The second-order valence-corrected chi connectivity index (χ2v) is 8.01. The van der Waals surface area contributed by atoms with E-state index in [0.29, 0.717) is 41.9 Å². The highest BCUT2D eigenvalue weighted by Gasteiger charge is 2.39. The van der Waals surface area contributed by atoms with Gasteiger partial charge in [-0.3, -0.25) is 19.8 Å². The van der Waals surface area contributed by atoms with Crippen LogP contribution in [0.5, 0.6) is 0 Å². The topological polar surface area (TPSA) is 95.2 Å². The molecule has 0 saturated carbocycles. The summed E-state index contributed by atoms with van der Waals surface area (Å²) in [5.74, 6) is -0.325. The number of nitrogens with zero attached hydrogens (tertiary/aromatic N) is 2. The van der Waals surface area contributed by atoms with Gasteiger partial charge in [0.15, 0.2) is 5.78 Å². The molecule has 1 atom stereocenters. The summed E-state index contributed by atoms with van der Waals surface area (Å²) in [5, 5.41) is 8.12. The van der Waals surface area contributed by atoms with Crippen LogP contribution in [0.1, 0.15) is 37.2 Å². The molecule has 5 rings (SSSR count). The third-order valence-electron chi connectivity index (χ3n) is 5.97. The number of amides is 1. The van der Waals surface area contributed by atoms with Crippen LogP contribution in [-0.4, -0.2) is 26.9 Å². The molecule has 2 aromatic carbocycles. The Labute approximate surface area is 184 Å². The standard InChI is InChI=1S/C25H22N4O3/c30-21-13-7-12-20-24(21)18(16-8-3-1-4-9-16)14-23(32)29(20)28-19-15-22(31)26-27-25(19)17-10-5-2-6-11-17/h1-6,8-11,15,18H,7,12-14H2,(H2,26,28,31). The van der Waals surface area contributed by atoms with Crippen LogP contribution in [0.4, 0.5) is 5.69 Å². The van der Waals surface area contributed by atoms with Crippen molar-refractivity contribution in [2.24, 2.45) is 0 Å². The highest BCUT2D eigenvalue weighted by Crippen LogP contribution is 2.42. The number of aromatic nitrogens is 2. The lowest BCUT2D eigenvalue weighted by atomic mass is 9.78. The maximum absolute atomic E-state index is 13.3. The molecule has 1 amide bonds. The first-order valence-corrected chi connectivity index (χ1v) is 10.7. The van der Waals surface area contributed by atoms with Crippen LogP contribution in [-0.2, 0) is 9.59 Å². The van der Waals surface area contributed by atoms with Crippen molar-refractivity contribution in [1.29, 1.82) is 0 Å². The zero-order valence-electron chi connectivity index (χ0n) is 17.4. The van der Waals surface area contributed by atoms with Crippen molar-refractivity contribution in [2.45, 2.75) is 31.6 Å². The van der Waals surface area contributed by atoms with Gasteiger partial charge < -0.3 is 0 Å². The van der Waals surface area contributed by atoms with Crippen molar-refractivity contribution in [2.75, 3.05) is 5.43 Å². The van der Waals surface area contributed by atoms with E-state index in [0.717, 1.165) is 11.1 Å². The zero-order chi connectivity index (χ0) is 22.1. The Bertz CT molecular complexity index is 1270. The summed E-state index contributed by atoms with van der Waals surface area (Å²) in [6, 6.07) is 20.5. The Balaban J connectivity index is 1.59. The summed E-state index contributed by atoms with van der Waals surface area (Å²) in [7, 11) is 0. The van der Waals surface area contributed by atoms with E-state index in [1.54, 1.807) is 0 Å². The number of anilines is 1. The van der Waals surface area contributed by atoms with E-state index in [9.17, 15) is 14.4 Å². The molecule has 7 nitrogen and oxygen atoms in total. The number of hydrazine groups is 1. The van der Waals surface area contributed by atoms with Crippen molar-refractivity contribution < 1.29 is 9.59 Å². The molecule has 1 aromatic heterocycles. The number of hydrogen-bond acceptors (Lipinski definition) is 5. The maximum atomic E-state index is 13.3. The van der Waals surface area contributed by atoms with E-state index in [2.05, 4.69) is 15.6 Å². The second-order valence-electron chi connectivity index (χ2n) is 8.01. The Morgan fingerprint density at radius 3 is 2.41 bits per heavy atom. The van der Waals surface area contributed by atoms with Crippen LogP contribution in [0.2, 0.25) is 0 Å². The summed E-state index contributed by atoms with van der Waals surface area (Å²) >= 11 is 0. The third-order valence-corrected chi connectivity index (χ3v) is 5.97. The SMILES string of the molecule is O=C1CCCC2=C1C(c1ccccc1)CC(=O)N2Nc1cc(=O)[nH]nc1-c1ccccc1. The number of rotatable bonds is 4. The number of aromatic amines is 1. The Morgan fingerprint density at radius 1 is 0.938 bits per heavy atom. The number of benzene rings is 2. The van der Waals surface area contributed by atoms with E-state index in [-0.39, 0.29) is 29.6 Å². The number of carbonyl (C=O) groups excluding carboxylic acids is 2. The fourth-order valence-electron chi connectivity index (χ4n) is 4.52. The van der Waals surface area contributed by atoms with E-state index in [1.807, 2.05) is 60.7 Å². The average molecular weight is 426 g/mol. The van der Waals surface area contributed by atoms with Gasteiger partial charge >= 0.3 is 0 Å². The molecule has 3 aromatic rings. The molecular formula is C25H22N4O3. The van der Waals surface area contributed by atoms with Crippen molar-refractivity contribution in [3.05, 3.63) is 93.9 Å². The largest absolute Gasteiger partial charge is 0.294 e. The Kier molecular flexibility index (Phi) is 5.15. The van der Waals surface area contributed by atoms with Gasteiger partial charge in [0.2, 0.25) is 5.91 Å². The number of Topliss-reactive ketones (excluding diaryl/α,β-unsaturated/α-hetero) is 1. The number of ketones is 1. The zero-order valence-corrected chi connectivity index (χ0v) is 17.4. The fourth-order valence-corrected chi connectivity index (χ4v) is 4.52. The average Bonchev–Trinajstić information content (AvgIpc) is 2.82. The van der Waals surface area contributed by atoms with Crippen LogP contribution in [0.25, 0.3) is 11.3 Å². The molecule has 2 N–H and O–H groups in total. The number of carbonyl (C=O) groups is 2. The van der Waals surface area contributed by atoms with Crippen LogP contribution >= 0.6 is 0 Å². The van der Waals surface area contributed by atoms with E-state index < -0.39 is 0 Å². The minimum absolute atomic E-state index is 0.0757. The smallest absolute Gasteiger partial charge is 0.266 e. The van der Waals surface area contributed by atoms with Crippen molar-refractivity contribution in [1.82, 2.24) is 15.2 Å². The van der Waals surface area contributed by atoms with Gasteiger partial charge in [0.05, 0.1) is 11.4 Å². The van der Waals surface area contributed by atoms with E-state index in [4.69, 9.17) is 0 Å². The lowest BCUT2D eigenvalue weighted by molar-refractivity contribution is -0.130. The van der Waals surface area contributed by atoms with Crippen LogP contribution in [0.3, 0.4) is 0 Å². The van der Waals surface area contributed by atoms with Crippen molar-refractivity contribution in [3.8, 4) is 11.3 Å². The van der Waals surface area contributed by atoms with Gasteiger partial charge in [0.25, 0.3) is 5.56 Å². The number of H-pyrrole nitrogens is 1. The van der Waals surface area contributed by atoms with Crippen LogP contribution in [0.15, 0.2) is 82.8 Å². The summed E-state index contributed by atoms with van der Waals surface area (Å²) in [4.78, 5) is 38.3. The summed E-state index contributed by atoms with van der Waals surface area (Å²) in [6.07, 6.45) is 1.95. The Hall–Kier alpha value is -4.00. The molecule has 0 fully saturated rings. The number of nitrogens with one attached hydrogen (secondary N) is 2. The molecule has 0 saturated heterocycles. The van der Waals surface area contributed by atoms with Gasteiger partial charge in [0, 0.05) is 36.0 Å². The monoisotopic (exact) mass is 426 g/mol. The minimum atomic E-state index is -0.382. The van der Waals surface area contributed by atoms with Gasteiger partial charge in [-0.05, 0) is 18.4 Å². The normalized spacial score (nSPS) is 18.5. The maximum Gasteiger partial charge on any atom is 0.266 e. The molecule has 32 heavy (non-hydrogen) atoms. The molecule has 1 aliphatic carbocycles. The number of hydrogen-bond donors (Lipinski definition) is 2. The van der Waals surface area contributed by atoms with Gasteiger partial charge in [0.1, 0.15) is 5.69 Å². The summed E-state index contributed by atoms with van der Waals surface area (Å²) in [5.41, 5.74) is 6.81. The van der Waals surface area contributed by atoms with Crippen LogP contribution in [0, 0.1) is 0 Å². The lowest BCUT2D eigenvalue weighted by Crippen LogP contribution is -2.43.